The van der Waals surface area contributed by atoms with Gasteiger partial charge in [0.15, 0.2) is 5.65 Å². The van der Waals surface area contributed by atoms with E-state index in [4.69, 9.17) is 21.1 Å². The van der Waals surface area contributed by atoms with Gasteiger partial charge in [0.2, 0.25) is 0 Å². The molecule has 1 aliphatic rings. The molecule has 1 saturated heterocycles. The van der Waals surface area contributed by atoms with Crippen molar-refractivity contribution in [1.82, 2.24) is 14.5 Å². The number of alkyl halides is 1. The Morgan fingerprint density at radius 2 is 2.45 bits per heavy atom. The predicted octanol–water partition coefficient (Wildman–Crippen LogP) is 2.54. The first kappa shape index (κ1) is 13.8. The molecule has 3 rings (SSSR count). The summed E-state index contributed by atoms with van der Waals surface area (Å²) in [7, 11) is 1.73. The van der Waals surface area contributed by atoms with Crippen LogP contribution >= 0.6 is 11.6 Å². The number of imidazole rings is 1. The van der Waals surface area contributed by atoms with Gasteiger partial charge in [-0.1, -0.05) is 0 Å². The second-order valence-corrected chi connectivity index (χ2v) is 5.86. The molecular formula is C14H18ClN3O2. The summed E-state index contributed by atoms with van der Waals surface area (Å²) in [5.74, 6) is 0.823. The minimum atomic E-state index is -0.314. The van der Waals surface area contributed by atoms with Crippen LogP contribution in [0.15, 0.2) is 18.3 Å². The summed E-state index contributed by atoms with van der Waals surface area (Å²) in [6.07, 6.45) is 2.64. The van der Waals surface area contributed by atoms with Crippen molar-refractivity contribution in [2.45, 2.75) is 30.9 Å². The number of pyridine rings is 1. The molecule has 0 aromatic carbocycles. The highest BCUT2D eigenvalue weighted by Crippen LogP contribution is 2.30. The lowest BCUT2D eigenvalue weighted by Gasteiger charge is -2.27. The maximum Gasteiger partial charge on any atom is 0.160 e. The zero-order valence-electron chi connectivity index (χ0n) is 11.7. The van der Waals surface area contributed by atoms with E-state index in [0.717, 1.165) is 30.0 Å². The van der Waals surface area contributed by atoms with E-state index in [1.807, 2.05) is 19.1 Å². The quantitative estimate of drug-likeness (QED) is 0.813. The Morgan fingerprint density at radius 3 is 3.10 bits per heavy atom. The maximum atomic E-state index is 6.27. The van der Waals surface area contributed by atoms with E-state index >= 15 is 0 Å². The highest BCUT2D eigenvalue weighted by atomic mass is 35.5. The van der Waals surface area contributed by atoms with Crippen LogP contribution in [0.1, 0.15) is 24.5 Å². The van der Waals surface area contributed by atoms with Gasteiger partial charge in [-0.05, 0) is 19.1 Å². The van der Waals surface area contributed by atoms with E-state index in [2.05, 4.69) is 14.5 Å². The van der Waals surface area contributed by atoms with Crippen molar-refractivity contribution in [3.8, 4) is 0 Å². The average Bonchev–Trinajstić information content (AvgIpc) is 3.05. The summed E-state index contributed by atoms with van der Waals surface area (Å²) in [6, 6.07) is 3.83. The summed E-state index contributed by atoms with van der Waals surface area (Å²) in [5.41, 5.74) is 1.39. The molecule has 1 aliphatic heterocycles. The van der Waals surface area contributed by atoms with Crippen LogP contribution in [0, 0.1) is 0 Å². The predicted molar refractivity (Wildman–Crippen MR) is 77.0 cm³/mol. The fourth-order valence-corrected chi connectivity index (χ4v) is 2.83. The van der Waals surface area contributed by atoms with Gasteiger partial charge in [-0.25, -0.2) is 9.97 Å². The number of nitrogens with zero attached hydrogens (tertiary/aromatic N) is 3. The molecule has 5 nitrogen and oxygen atoms in total. The smallest absolute Gasteiger partial charge is 0.160 e. The Hall–Kier alpha value is -1.17. The lowest BCUT2D eigenvalue weighted by molar-refractivity contribution is -0.0293. The van der Waals surface area contributed by atoms with Crippen LogP contribution in [0.25, 0.3) is 11.2 Å². The summed E-state index contributed by atoms with van der Waals surface area (Å²) in [5, 5.41) is -0.180. The lowest BCUT2D eigenvalue weighted by atomic mass is 10.0. The molecule has 0 amide bonds. The lowest BCUT2D eigenvalue weighted by Crippen LogP contribution is -2.37. The van der Waals surface area contributed by atoms with Crippen LogP contribution in [0.3, 0.4) is 0 Å². The van der Waals surface area contributed by atoms with E-state index in [-0.39, 0.29) is 11.0 Å². The minimum absolute atomic E-state index is 0.180. The SMILES string of the molecule is COC1(Cn2c(C(C)Cl)nc3cccnc32)CCOC1. The third-order valence-electron chi connectivity index (χ3n) is 3.84. The molecular weight excluding hydrogens is 278 g/mol. The first-order valence-electron chi connectivity index (χ1n) is 6.73. The van der Waals surface area contributed by atoms with Gasteiger partial charge in [-0.15, -0.1) is 11.6 Å². The van der Waals surface area contributed by atoms with Crippen molar-refractivity contribution < 1.29 is 9.47 Å². The number of hydrogen-bond acceptors (Lipinski definition) is 4. The number of halogens is 1. The van der Waals surface area contributed by atoms with Crippen LogP contribution in [0.2, 0.25) is 0 Å². The molecule has 6 heteroatoms. The summed E-state index contributed by atoms with van der Waals surface area (Å²) in [4.78, 5) is 9.03. The van der Waals surface area contributed by atoms with Crippen molar-refractivity contribution in [2.75, 3.05) is 20.3 Å². The average molecular weight is 296 g/mol. The van der Waals surface area contributed by atoms with Crippen molar-refractivity contribution in [3.63, 3.8) is 0 Å². The van der Waals surface area contributed by atoms with E-state index in [1.54, 1.807) is 13.3 Å². The van der Waals surface area contributed by atoms with Crippen molar-refractivity contribution in [3.05, 3.63) is 24.2 Å². The molecule has 2 aromatic rings. The topological polar surface area (TPSA) is 49.2 Å². The molecule has 20 heavy (non-hydrogen) atoms. The number of rotatable bonds is 4. The van der Waals surface area contributed by atoms with Crippen LogP contribution in [-0.2, 0) is 16.0 Å². The van der Waals surface area contributed by atoms with Crippen molar-refractivity contribution >= 4 is 22.8 Å². The number of aromatic nitrogens is 3. The molecule has 0 N–H and O–H groups in total. The van der Waals surface area contributed by atoms with Crippen LogP contribution in [0.5, 0.6) is 0 Å². The van der Waals surface area contributed by atoms with Crippen LogP contribution in [-0.4, -0.2) is 40.5 Å². The molecule has 1 fully saturated rings. The van der Waals surface area contributed by atoms with Gasteiger partial charge in [0.25, 0.3) is 0 Å². The van der Waals surface area contributed by atoms with E-state index in [1.165, 1.54) is 0 Å². The minimum Gasteiger partial charge on any atom is -0.378 e. The van der Waals surface area contributed by atoms with Gasteiger partial charge >= 0.3 is 0 Å². The van der Waals surface area contributed by atoms with Crippen molar-refractivity contribution in [2.24, 2.45) is 0 Å². The third-order valence-corrected chi connectivity index (χ3v) is 4.03. The van der Waals surface area contributed by atoms with Crippen LogP contribution in [0.4, 0.5) is 0 Å². The second-order valence-electron chi connectivity index (χ2n) is 5.21. The zero-order valence-corrected chi connectivity index (χ0v) is 12.4. The largest absolute Gasteiger partial charge is 0.378 e. The molecule has 0 radical (unpaired) electrons. The normalized spacial score (nSPS) is 24.4. The fraction of sp³-hybridized carbons (Fsp3) is 0.571. The first-order chi connectivity index (χ1) is 9.65. The Labute approximate surface area is 122 Å². The molecule has 2 atom stereocenters. The maximum absolute atomic E-state index is 6.27. The van der Waals surface area contributed by atoms with Gasteiger partial charge < -0.3 is 14.0 Å². The Bertz CT molecular complexity index is 605. The van der Waals surface area contributed by atoms with Gasteiger partial charge in [0.1, 0.15) is 16.9 Å². The van der Waals surface area contributed by atoms with Gasteiger partial charge in [0.05, 0.1) is 18.5 Å². The van der Waals surface area contributed by atoms with E-state index in [9.17, 15) is 0 Å². The van der Waals surface area contributed by atoms with Gasteiger partial charge in [-0.2, -0.15) is 0 Å². The molecule has 0 spiro atoms. The number of fused-ring (bicyclic) bond motifs is 1. The fourth-order valence-electron chi connectivity index (χ4n) is 2.66. The number of hydrogen-bond donors (Lipinski definition) is 0. The zero-order chi connectivity index (χ0) is 14.2. The van der Waals surface area contributed by atoms with Gasteiger partial charge in [0, 0.05) is 26.3 Å². The second kappa shape index (κ2) is 5.31. The Balaban J connectivity index is 2.07. The molecule has 3 heterocycles. The number of methoxy groups -OCH3 is 1. The third kappa shape index (κ3) is 2.30. The monoisotopic (exact) mass is 295 g/mol. The standard InChI is InChI=1S/C14H18ClN3O2/c1-10(15)12-17-11-4-3-6-16-13(11)18(12)8-14(19-2)5-7-20-9-14/h3-4,6,10H,5,7-9H2,1-2H3. The highest BCUT2D eigenvalue weighted by molar-refractivity contribution is 6.20. The molecule has 2 aromatic heterocycles. The molecule has 0 bridgehead atoms. The van der Waals surface area contributed by atoms with Crippen LogP contribution < -0.4 is 0 Å². The molecule has 108 valence electrons. The summed E-state index contributed by atoms with van der Waals surface area (Å²) >= 11 is 6.27. The van der Waals surface area contributed by atoms with E-state index < -0.39 is 0 Å². The molecule has 0 aliphatic carbocycles. The van der Waals surface area contributed by atoms with E-state index in [0.29, 0.717) is 13.2 Å². The summed E-state index contributed by atoms with van der Waals surface area (Å²) < 4.78 is 13.3. The molecule has 2 unspecified atom stereocenters. The van der Waals surface area contributed by atoms with Crippen molar-refractivity contribution in [1.29, 1.82) is 0 Å². The summed E-state index contributed by atoms with van der Waals surface area (Å²) in [6.45, 7) is 3.89. The first-order valence-corrected chi connectivity index (χ1v) is 7.17. The molecule has 0 saturated carbocycles. The number of ether oxygens (including phenoxy) is 2. The highest BCUT2D eigenvalue weighted by Gasteiger charge is 2.37. The Kier molecular flexibility index (Phi) is 3.67. The Morgan fingerprint density at radius 1 is 1.60 bits per heavy atom. The van der Waals surface area contributed by atoms with Gasteiger partial charge in [-0.3, -0.25) is 0 Å².